The van der Waals surface area contributed by atoms with Gasteiger partial charge in [-0.2, -0.15) is 0 Å². The molecule has 0 radical (unpaired) electrons. The number of piperidine rings is 2. The maximum atomic E-state index is 13.9. The van der Waals surface area contributed by atoms with E-state index < -0.39 is 12.2 Å². The van der Waals surface area contributed by atoms with Gasteiger partial charge in [-0.3, -0.25) is 4.79 Å². The number of carbonyl (C=O) groups excluding carboxylic acids is 3. The van der Waals surface area contributed by atoms with Crippen LogP contribution in [0.3, 0.4) is 0 Å². The van der Waals surface area contributed by atoms with E-state index in [9.17, 15) is 14.4 Å². The molecule has 4 amide bonds. The Labute approximate surface area is 264 Å². The monoisotopic (exact) mass is 622 g/mol. The van der Waals surface area contributed by atoms with Crippen LogP contribution in [0, 0.1) is 6.92 Å². The number of hydrogen-bond acceptors (Lipinski definition) is 6. The molecule has 0 bridgehead atoms. The molecule has 4 aliphatic rings. The van der Waals surface area contributed by atoms with Crippen LogP contribution in [0.2, 0.25) is 5.02 Å². The smallest absolute Gasteiger partial charge is 0.410 e. The predicted molar refractivity (Wildman–Crippen MR) is 171 cm³/mol. The van der Waals surface area contributed by atoms with Crippen molar-refractivity contribution in [2.24, 2.45) is 0 Å². The minimum Gasteiger partial charge on any atom is -0.436 e. The van der Waals surface area contributed by atoms with E-state index in [0.717, 1.165) is 48.3 Å². The number of nitrogen functional groups attached to an aromatic ring is 1. The lowest BCUT2D eigenvalue weighted by atomic mass is 10.00. The van der Waals surface area contributed by atoms with Crippen LogP contribution in [-0.2, 0) is 22.5 Å². The molecule has 4 heterocycles. The highest BCUT2D eigenvalue weighted by atomic mass is 35.5. The molecular formula is C33H43ClN6O4. The highest BCUT2D eigenvalue weighted by Crippen LogP contribution is 2.29. The molecule has 4 aliphatic heterocycles. The van der Waals surface area contributed by atoms with Crippen LogP contribution < -0.4 is 11.1 Å². The summed E-state index contributed by atoms with van der Waals surface area (Å²) < 4.78 is 6.01. The number of fused-ring (bicyclic) bond motifs is 1. The number of nitrogens with one attached hydrogen (secondary N) is 1. The molecule has 236 valence electrons. The highest BCUT2D eigenvalue weighted by molar-refractivity contribution is 6.33. The van der Waals surface area contributed by atoms with Crippen LogP contribution in [-0.4, -0.2) is 95.1 Å². The number of rotatable bonds is 6. The Bertz CT molecular complexity index is 1360. The fraction of sp³-hybridized carbons (Fsp3) is 0.545. The molecule has 0 saturated carbocycles. The van der Waals surface area contributed by atoms with Crippen molar-refractivity contribution in [2.45, 2.75) is 76.6 Å². The van der Waals surface area contributed by atoms with Gasteiger partial charge in [0, 0.05) is 56.9 Å². The molecule has 2 aromatic carbocycles. The number of likely N-dealkylation sites (tertiary alicyclic amines) is 3. The molecule has 44 heavy (non-hydrogen) atoms. The number of halogens is 1. The third-order valence-electron chi connectivity index (χ3n) is 9.79. The van der Waals surface area contributed by atoms with Crippen molar-refractivity contribution in [3.63, 3.8) is 0 Å². The molecule has 3 N–H and O–H groups in total. The Morgan fingerprint density at radius 3 is 2.34 bits per heavy atom. The number of carbonyl (C=O) groups is 3. The summed E-state index contributed by atoms with van der Waals surface area (Å²) in [6.07, 6.45) is 4.39. The number of benzene rings is 2. The van der Waals surface area contributed by atoms with Crippen LogP contribution >= 0.6 is 11.6 Å². The molecule has 2 aromatic rings. The summed E-state index contributed by atoms with van der Waals surface area (Å²) in [5.41, 5.74) is 10.1. The van der Waals surface area contributed by atoms with Gasteiger partial charge in [0.25, 0.3) is 5.91 Å². The standard InChI is InChI=1S/C33H43ClN6O4/c1-22-18-23(19-27(34)30(22)35)20-29(31(41)38-14-8-25(9-15-38)37-12-4-5-13-37)44-33(43)39-16-10-26(11-17-39)40-21-24-6-2-3-7-28(24)36-32(40)42/h2-3,6-7,18-19,25-26,29H,4-5,8-17,20-21,35H2,1H3,(H,36,42)/t29-/m1/s1. The van der Waals surface area contributed by atoms with Gasteiger partial charge in [-0.15, -0.1) is 0 Å². The van der Waals surface area contributed by atoms with E-state index in [4.69, 9.17) is 22.1 Å². The Morgan fingerprint density at radius 1 is 0.977 bits per heavy atom. The number of ether oxygens (including phenoxy) is 1. The maximum Gasteiger partial charge on any atom is 0.410 e. The zero-order valence-corrected chi connectivity index (χ0v) is 26.2. The van der Waals surface area contributed by atoms with Gasteiger partial charge in [0.15, 0.2) is 6.10 Å². The number of nitrogens with two attached hydrogens (primary N) is 1. The largest absolute Gasteiger partial charge is 0.436 e. The summed E-state index contributed by atoms with van der Waals surface area (Å²) >= 11 is 6.38. The van der Waals surface area contributed by atoms with E-state index in [1.807, 2.05) is 47.1 Å². The number of nitrogens with zero attached hydrogens (tertiary/aromatic N) is 4. The topological polar surface area (TPSA) is 111 Å². The minimum atomic E-state index is -0.966. The first-order valence-electron chi connectivity index (χ1n) is 15.9. The van der Waals surface area contributed by atoms with Gasteiger partial charge < -0.3 is 35.4 Å². The molecule has 6 rings (SSSR count). The summed E-state index contributed by atoms with van der Waals surface area (Å²) in [5, 5.41) is 3.41. The quantitative estimate of drug-likeness (QED) is 0.445. The number of aryl methyl sites for hydroxylation is 1. The maximum absolute atomic E-state index is 13.9. The van der Waals surface area contributed by atoms with E-state index in [1.54, 1.807) is 11.0 Å². The number of para-hydroxylation sites is 1. The van der Waals surface area contributed by atoms with Crippen molar-refractivity contribution in [2.75, 3.05) is 50.3 Å². The molecular weight excluding hydrogens is 580 g/mol. The number of urea groups is 1. The van der Waals surface area contributed by atoms with Crippen molar-refractivity contribution < 1.29 is 19.1 Å². The van der Waals surface area contributed by atoms with Crippen molar-refractivity contribution in [3.8, 4) is 0 Å². The Morgan fingerprint density at radius 2 is 1.64 bits per heavy atom. The Hall–Kier alpha value is -3.50. The molecule has 3 fully saturated rings. The van der Waals surface area contributed by atoms with Gasteiger partial charge in [0.05, 0.1) is 10.7 Å². The molecule has 0 spiro atoms. The second-order valence-electron chi connectivity index (χ2n) is 12.6. The van der Waals surface area contributed by atoms with Gasteiger partial charge in [-0.25, -0.2) is 9.59 Å². The molecule has 0 aromatic heterocycles. The van der Waals surface area contributed by atoms with Crippen molar-refractivity contribution in [3.05, 3.63) is 58.1 Å². The SMILES string of the molecule is Cc1cc(C[C@@H](OC(=O)N2CCC(N3Cc4ccccc4NC3=O)CC2)C(=O)N2CCC(N3CCCC3)CC2)cc(Cl)c1N. The summed E-state index contributed by atoms with van der Waals surface area (Å²) in [6.45, 7) is 6.91. The summed E-state index contributed by atoms with van der Waals surface area (Å²) in [7, 11) is 0. The first-order chi connectivity index (χ1) is 21.3. The Balaban J connectivity index is 1.10. The van der Waals surface area contributed by atoms with Crippen LogP contribution in [0.15, 0.2) is 36.4 Å². The van der Waals surface area contributed by atoms with Gasteiger partial charge >= 0.3 is 12.1 Å². The average Bonchev–Trinajstić information content (AvgIpc) is 3.58. The minimum absolute atomic E-state index is 0.0154. The van der Waals surface area contributed by atoms with E-state index in [1.165, 1.54) is 12.8 Å². The molecule has 1 atom stereocenters. The molecule has 11 heteroatoms. The zero-order chi connectivity index (χ0) is 30.8. The first kappa shape index (κ1) is 30.5. The normalized spacial score (nSPS) is 20.8. The van der Waals surface area contributed by atoms with Gasteiger partial charge in [0.2, 0.25) is 0 Å². The number of anilines is 2. The zero-order valence-electron chi connectivity index (χ0n) is 25.5. The van der Waals surface area contributed by atoms with Crippen LogP contribution in [0.5, 0.6) is 0 Å². The van der Waals surface area contributed by atoms with E-state index in [2.05, 4.69) is 10.2 Å². The third-order valence-corrected chi connectivity index (χ3v) is 10.1. The van der Waals surface area contributed by atoms with Gasteiger partial charge in [-0.05, 0) is 87.4 Å². The van der Waals surface area contributed by atoms with Crippen molar-refractivity contribution in [1.29, 1.82) is 0 Å². The van der Waals surface area contributed by atoms with E-state index in [-0.39, 0.29) is 24.4 Å². The lowest BCUT2D eigenvalue weighted by Crippen LogP contribution is -2.53. The lowest BCUT2D eigenvalue weighted by molar-refractivity contribution is -0.142. The van der Waals surface area contributed by atoms with E-state index in [0.29, 0.717) is 62.3 Å². The fourth-order valence-electron chi connectivity index (χ4n) is 7.17. The first-order valence-corrected chi connectivity index (χ1v) is 16.3. The van der Waals surface area contributed by atoms with Crippen LogP contribution in [0.1, 0.15) is 55.2 Å². The predicted octanol–water partition coefficient (Wildman–Crippen LogP) is 4.88. The van der Waals surface area contributed by atoms with Crippen molar-refractivity contribution in [1.82, 2.24) is 19.6 Å². The highest BCUT2D eigenvalue weighted by Gasteiger charge is 2.37. The molecule has 0 aliphatic carbocycles. The fourth-order valence-corrected chi connectivity index (χ4v) is 7.46. The average molecular weight is 623 g/mol. The van der Waals surface area contributed by atoms with Gasteiger partial charge in [-0.1, -0.05) is 35.9 Å². The molecule has 3 saturated heterocycles. The Kier molecular flexibility index (Phi) is 9.18. The molecule has 0 unspecified atom stereocenters. The second kappa shape index (κ2) is 13.2. The number of amides is 4. The lowest BCUT2D eigenvalue weighted by Gasteiger charge is -2.40. The third kappa shape index (κ3) is 6.61. The second-order valence-corrected chi connectivity index (χ2v) is 13.0. The van der Waals surface area contributed by atoms with Crippen LogP contribution in [0.25, 0.3) is 0 Å². The van der Waals surface area contributed by atoms with Crippen LogP contribution in [0.4, 0.5) is 21.0 Å². The summed E-state index contributed by atoms with van der Waals surface area (Å²) in [6, 6.07) is 11.9. The van der Waals surface area contributed by atoms with Crippen molar-refractivity contribution >= 4 is 41.0 Å². The van der Waals surface area contributed by atoms with Gasteiger partial charge in [0.1, 0.15) is 0 Å². The molecule has 10 nitrogen and oxygen atoms in total. The van der Waals surface area contributed by atoms with E-state index >= 15 is 0 Å². The summed E-state index contributed by atoms with van der Waals surface area (Å²) in [5.74, 6) is -0.164. The number of hydrogen-bond donors (Lipinski definition) is 2. The summed E-state index contributed by atoms with van der Waals surface area (Å²) in [4.78, 5) is 48.1.